The molecular formula is C22H23F3N4O2. The van der Waals surface area contributed by atoms with Crippen LogP contribution >= 0.6 is 0 Å². The minimum atomic E-state index is -4.61. The maximum atomic E-state index is 13.5. The van der Waals surface area contributed by atoms with Crippen molar-refractivity contribution in [1.29, 1.82) is 0 Å². The molecule has 2 aromatic carbocycles. The van der Waals surface area contributed by atoms with Gasteiger partial charge in [0.1, 0.15) is 28.5 Å². The molecule has 0 atom stereocenters. The quantitative estimate of drug-likeness (QED) is 0.486. The van der Waals surface area contributed by atoms with Gasteiger partial charge >= 0.3 is 6.18 Å². The molecule has 31 heavy (non-hydrogen) atoms. The fourth-order valence-electron chi connectivity index (χ4n) is 2.64. The van der Waals surface area contributed by atoms with Gasteiger partial charge in [0.25, 0.3) is 0 Å². The SMILES string of the molecule is COc1ccc(Nc2ncc(C(F)(F)F)c(Nc3ccc(OC(C)(C)C)cc3)n2)cc1. The Labute approximate surface area is 178 Å². The number of aromatic nitrogens is 2. The van der Waals surface area contributed by atoms with E-state index < -0.39 is 11.7 Å². The number of halogens is 3. The average molecular weight is 432 g/mol. The van der Waals surface area contributed by atoms with E-state index in [-0.39, 0.29) is 17.4 Å². The van der Waals surface area contributed by atoms with Crippen LogP contribution < -0.4 is 20.1 Å². The monoisotopic (exact) mass is 432 g/mol. The van der Waals surface area contributed by atoms with Gasteiger partial charge in [-0.05, 0) is 69.3 Å². The van der Waals surface area contributed by atoms with Crippen LogP contribution in [-0.4, -0.2) is 22.7 Å². The first kappa shape index (κ1) is 22.2. The molecule has 0 spiro atoms. The number of methoxy groups -OCH3 is 1. The van der Waals surface area contributed by atoms with E-state index in [1.54, 1.807) is 55.6 Å². The summed E-state index contributed by atoms with van der Waals surface area (Å²) in [6.45, 7) is 5.73. The summed E-state index contributed by atoms with van der Waals surface area (Å²) in [5.41, 5.74) is -0.313. The van der Waals surface area contributed by atoms with E-state index in [0.29, 0.717) is 22.9 Å². The molecule has 9 heteroatoms. The number of hydrogen-bond donors (Lipinski definition) is 2. The maximum Gasteiger partial charge on any atom is 0.421 e. The molecule has 3 rings (SSSR count). The summed E-state index contributed by atoms with van der Waals surface area (Å²) in [6.07, 6.45) is -3.87. The highest BCUT2D eigenvalue weighted by molar-refractivity contribution is 5.63. The molecule has 0 aliphatic carbocycles. The van der Waals surface area contributed by atoms with E-state index in [4.69, 9.17) is 9.47 Å². The van der Waals surface area contributed by atoms with Crippen molar-refractivity contribution in [3.8, 4) is 11.5 Å². The van der Waals surface area contributed by atoms with Gasteiger partial charge in [-0.1, -0.05) is 0 Å². The zero-order valence-electron chi connectivity index (χ0n) is 17.5. The van der Waals surface area contributed by atoms with Gasteiger partial charge in [-0.3, -0.25) is 0 Å². The van der Waals surface area contributed by atoms with Gasteiger partial charge in [0.15, 0.2) is 0 Å². The summed E-state index contributed by atoms with van der Waals surface area (Å²) >= 11 is 0. The van der Waals surface area contributed by atoms with Crippen molar-refractivity contribution in [3.05, 3.63) is 60.3 Å². The van der Waals surface area contributed by atoms with Crippen molar-refractivity contribution in [2.24, 2.45) is 0 Å². The number of anilines is 4. The first-order chi connectivity index (χ1) is 14.5. The Morgan fingerprint density at radius 3 is 1.87 bits per heavy atom. The van der Waals surface area contributed by atoms with E-state index >= 15 is 0 Å². The van der Waals surface area contributed by atoms with Crippen molar-refractivity contribution in [1.82, 2.24) is 9.97 Å². The second kappa shape index (κ2) is 8.71. The number of alkyl halides is 3. The summed E-state index contributed by atoms with van der Waals surface area (Å²) in [6, 6.07) is 13.5. The van der Waals surface area contributed by atoms with Crippen molar-refractivity contribution in [3.63, 3.8) is 0 Å². The summed E-state index contributed by atoms with van der Waals surface area (Å²) in [5.74, 6) is 0.926. The van der Waals surface area contributed by atoms with Gasteiger partial charge in [-0.2, -0.15) is 18.2 Å². The van der Waals surface area contributed by atoms with Crippen molar-refractivity contribution in [2.75, 3.05) is 17.7 Å². The molecule has 0 saturated heterocycles. The van der Waals surface area contributed by atoms with Crippen molar-refractivity contribution in [2.45, 2.75) is 32.5 Å². The highest BCUT2D eigenvalue weighted by Gasteiger charge is 2.35. The third-order valence-corrected chi connectivity index (χ3v) is 3.98. The Morgan fingerprint density at radius 2 is 1.35 bits per heavy atom. The zero-order chi connectivity index (χ0) is 22.6. The molecule has 1 heterocycles. The number of nitrogens with zero attached hydrogens (tertiary/aromatic N) is 2. The fraction of sp³-hybridized carbons (Fsp3) is 0.273. The molecule has 0 bridgehead atoms. The van der Waals surface area contributed by atoms with Crippen LogP contribution in [0, 0.1) is 0 Å². The molecule has 2 N–H and O–H groups in total. The third-order valence-electron chi connectivity index (χ3n) is 3.98. The van der Waals surface area contributed by atoms with Gasteiger partial charge in [-0.25, -0.2) is 4.98 Å². The summed E-state index contributed by atoms with van der Waals surface area (Å²) in [7, 11) is 1.54. The van der Waals surface area contributed by atoms with Crippen LogP contribution in [0.1, 0.15) is 26.3 Å². The molecule has 0 amide bonds. The van der Waals surface area contributed by atoms with Gasteiger partial charge < -0.3 is 20.1 Å². The van der Waals surface area contributed by atoms with Gasteiger partial charge in [0, 0.05) is 17.6 Å². The molecule has 6 nitrogen and oxygen atoms in total. The number of nitrogens with one attached hydrogen (secondary N) is 2. The topological polar surface area (TPSA) is 68.3 Å². The first-order valence-electron chi connectivity index (χ1n) is 9.45. The van der Waals surface area contributed by atoms with Gasteiger partial charge in [-0.15, -0.1) is 0 Å². The highest BCUT2D eigenvalue weighted by atomic mass is 19.4. The molecular weight excluding hydrogens is 409 g/mol. The van der Waals surface area contributed by atoms with Crippen LogP contribution in [0.3, 0.4) is 0 Å². The minimum Gasteiger partial charge on any atom is -0.497 e. The van der Waals surface area contributed by atoms with Crippen LogP contribution in [0.4, 0.5) is 36.3 Å². The summed E-state index contributed by atoms with van der Waals surface area (Å²) < 4.78 is 51.2. The van der Waals surface area contributed by atoms with Crippen LogP contribution in [0.15, 0.2) is 54.7 Å². The van der Waals surface area contributed by atoms with E-state index in [2.05, 4.69) is 20.6 Å². The van der Waals surface area contributed by atoms with Gasteiger partial charge in [0.2, 0.25) is 5.95 Å². The summed E-state index contributed by atoms with van der Waals surface area (Å²) in [5, 5.41) is 5.62. The third kappa shape index (κ3) is 6.24. The highest BCUT2D eigenvalue weighted by Crippen LogP contribution is 2.35. The largest absolute Gasteiger partial charge is 0.497 e. The van der Waals surface area contributed by atoms with E-state index in [1.807, 2.05) is 20.8 Å². The first-order valence-corrected chi connectivity index (χ1v) is 9.45. The second-order valence-electron chi connectivity index (χ2n) is 7.67. The number of benzene rings is 2. The molecule has 164 valence electrons. The molecule has 0 radical (unpaired) electrons. The molecule has 0 unspecified atom stereocenters. The van der Waals surface area contributed by atoms with Crippen LogP contribution in [-0.2, 0) is 6.18 Å². The van der Waals surface area contributed by atoms with E-state index in [0.717, 1.165) is 6.20 Å². The molecule has 3 aromatic rings. The molecule has 1 aromatic heterocycles. The lowest BCUT2D eigenvalue weighted by molar-refractivity contribution is -0.137. The van der Waals surface area contributed by atoms with E-state index in [9.17, 15) is 13.2 Å². The molecule has 0 fully saturated rings. The van der Waals surface area contributed by atoms with E-state index in [1.165, 1.54) is 0 Å². The predicted molar refractivity (Wildman–Crippen MR) is 113 cm³/mol. The van der Waals surface area contributed by atoms with Crippen LogP contribution in [0.25, 0.3) is 0 Å². The van der Waals surface area contributed by atoms with Gasteiger partial charge in [0.05, 0.1) is 7.11 Å². The zero-order valence-corrected chi connectivity index (χ0v) is 17.5. The predicted octanol–water partition coefficient (Wildman–Crippen LogP) is 6.17. The Hall–Kier alpha value is -3.49. The molecule has 0 saturated carbocycles. The Balaban J connectivity index is 1.85. The Kier molecular flexibility index (Phi) is 6.24. The lowest BCUT2D eigenvalue weighted by Crippen LogP contribution is -2.22. The minimum absolute atomic E-state index is 0.0216. The molecule has 0 aliphatic rings. The average Bonchev–Trinajstić information content (AvgIpc) is 2.68. The number of rotatable bonds is 6. The fourth-order valence-corrected chi connectivity index (χ4v) is 2.64. The second-order valence-corrected chi connectivity index (χ2v) is 7.67. The lowest BCUT2D eigenvalue weighted by Gasteiger charge is -2.21. The molecule has 0 aliphatic heterocycles. The van der Waals surface area contributed by atoms with Crippen molar-refractivity contribution < 1.29 is 22.6 Å². The van der Waals surface area contributed by atoms with Crippen molar-refractivity contribution >= 4 is 23.1 Å². The smallest absolute Gasteiger partial charge is 0.421 e. The Bertz CT molecular complexity index is 1010. The lowest BCUT2D eigenvalue weighted by atomic mass is 10.2. The standard InChI is InChI=1S/C22H23F3N4O2/c1-21(2,3)31-17-11-7-14(8-12-17)27-19-18(22(23,24)25)13-26-20(29-19)28-15-5-9-16(30-4)10-6-15/h5-13H,1-4H3,(H2,26,27,28,29). The van der Waals surface area contributed by atoms with Crippen LogP contribution in [0.2, 0.25) is 0 Å². The maximum absolute atomic E-state index is 13.5. The normalized spacial score (nSPS) is 11.7. The Morgan fingerprint density at radius 1 is 0.806 bits per heavy atom. The number of ether oxygens (including phenoxy) is 2. The van der Waals surface area contributed by atoms with Crippen LogP contribution in [0.5, 0.6) is 11.5 Å². The summed E-state index contributed by atoms with van der Waals surface area (Å²) in [4.78, 5) is 7.84. The number of hydrogen-bond acceptors (Lipinski definition) is 6.